The summed E-state index contributed by atoms with van der Waals surface area (Å²) in [6.45, 7) is 6.66. The van der Waals surface area contributed by atoms with Gasteiger partial charge in [-0.25, -0.2) is 4.98 Å². The normalized spacial score (nSPS) is 18.0. The molecule has 6 nitrogen and oxygen atoms in total. The number of nitrogens with zero attached hydrogens (tertiary/aromatic N) is 3. The molecule has 1 saturated heterocycles. The van der Waals surface area contributed by atoms with Gasteiger partial charge in [-0.3, -0.25) is 9.69 Å². The van der Waals surface area contributed by atoms with E-state index in [2.05, 4.69) is 45.1 Å². The minimum Gasteiger partial charge on any atom is -0.345 e. The van der Waals surface area contributed by atoms with Crippen LogP contribution >= 0.6 is 0 Å². The van der Waals surface area contributed by atoms with Gasteiger partial charge in [0, 0.05) is 6.04 Å². The van der Waals surface area contributed by atoms with Gasteiger partial charge in [-0.15, -0.1) is 0 Å². The molecule has 1 fully saturated rings. The van der Waals surface area contributed by atoms with Crippen LogP contribution in [0.3, 0.4) is 0 Å². The summed E-state index contributed by atoms with van der Waals surface area (Å²) in [5, 5.41) is 3.07. The van der Waals surface area contributed by atoms with E-state index >= 15 is 0 Å². The SMILES string of the molecule is Cc1ccc2nc([C@H](C)NC(=O)CN(C)C3CCN(C)CC3)[nH]c2c1. The smallest absolute Gasteiger partial charge is 0.234 e. The third kappa shape index (κ3) is 4.38. The summed E-state index contributed by atoms with van der Waals surface area (Å²) in [6, 6.07) is 6.49. The van der Waals surface area contributed by atoms with Crippen LogP contribution in [0, 0.1) is 6.92 Å². The Morgan fingerprint density at radius 1 is 1.44 bits per heavy atom. The number of likely N-dealkylation sites (N-methyl/N-ethyl adjacent to an activating group) is 1. The molecule has 2 N–H and O–H groups in total. The first-order valence-corrected chi connectivity index (χ1v) is 9.07. The standard InChI is InChI=1S/C19H29N5O/c1-13-5-6-16-17(11-13)22-19(21-16)14(2)20-18(25)12-24(4)15-7-9-23(3)10-8-15/h5-6,11,14-15H,7-10,12H2,1-4H3,(H,20,25)(H,21,22)/t14-/m0/s1. The predicted octanol–water partition coefficient (Wildman–Crippen LogP) is 2.07. The highest BCUT2D eigenvalue weighted by Gasteiger charge is 2.23. The first-order valence-electron chi connectivity index (χ1n) is 9.07. The topological polar surface area (TPSA) is 64.3 Å². The van der Waals surface area contributed by atoms with Gasteiger partial charge in [0.15, 0.2) is 0 Å². The molecule has 1 aliphatic heterocycles. The molecule has 1 atom stereocenters. The Balaban J connectivity index is 1.56. The Labute approximate surface area is 149 Å². The van der Waals surface area contributed by atoms with Gasteiger partial charge in [0.05, 0.1) is 23.6 Å². The summed E-state index contributed by atoms with van der Waals surface area (Å²) in [5.41, 5.74) is 3.14. The molecule has 0 bridgehead atoms. The number of aromatic amines is 1. The van der Waals surface area contributed by atoms with Crippen molar-refractivity contribution in [3.63, 3.8) is 0 Å². The number of amides is 1. The maximum Gasteiger partial charge on any atom is 0.234 e. The van der Waals surface area contributed by atoms with Crippen LogP contribution in [0.2, 0.25) is 0 Å². The third-order valence-corrected chi connectivity index (χ3v) is 5.15. The number of carbonyl (C=O) groups is 1. The average Bonchev–Trinajstić information content (AvgIpc) is 2.98. The first-order chi connectivity index (χ1) is 11.9. The number of aromatic nitrogens is 2. The maximum atomic E-state index is 12.4. The van der Waals surface area contributed by atoms with Crippen molar-refractivity contribution in [2.45, 2.75) is 38.8 Å². The van der Waals surface area contributed by atoms with E-state index in [0.29, 0.717) is 12.6 Å². The second kappa shape index (κ2) is 7.54. The van der Waals surface area contributed by atoms with Crippen molar-refractivity contribution in [1.82, 2.24) is 25.1 Å². The first kappa shape index (κ1) is 17.9. The largest absolute Gasteiger partial charge is 0.345 e. The number of benzene rings is 1. The van der Waals surface area contributed by atoms with E-state index in [1.165, 1.54) is 5.56 Å². The number of likely N-dealkylation sites (tertiary alicyclic amines) is 1. The van der Waals surface area contributed by atoms with E-state index in [0.717, 1.165) is 42.8 Å². The fourth-order valence-electron chi connectivity index (χ4n) is 3.50. The quantitative estimate of drug-likeness (QED) is 0.872. The molecule has 0 unspecified atom stereocenters. The van der Waals surface area contributed by atoms with Crippen molar-refractivity contribution in [1.29, 1.82) is 0 Å². The number of fused-ring (bicyclic) bond motifs is 1. The minimum absolute atomic E-state index is 0.0468. The van der Waals surface area contributed by atoms with E-state index in [4.69, 9.17) is 0 Å². The van der Waals surface area contributed by atoms with Gasteiger partial charge in [-0.05, 0) is 71.6 Å². The molecule has 2 aromatic rings. The lowest BCUT2D eigenvalue weighted by Crippen LogP contribution is -2.46. The summed E-state index contributed by atoms with van der Waals surface area (Å²) >= 11 is 0. The molecule has 0 spiro atoms. The van der Waals surface area contributed by atoms with Crippen LogP contribution in [-0.4, -0.2) is 65.4 Å². The summed E-state index contributed by atoms with van der Waals surface area (Å²) in [4.78, 5) is 24.8. The van der Waals surface area contributed by atoms with Crippen LogP contribution in [0.4, 0.5) is 0 Å². The highest BCUT2D eigenvalue weighted by atomic mass is 16.2. The van der Waals surface area contributed by atoms with E-state index in [-0.39, 0.29) is 11.9 Å². The van der Waals surface area contributed by atoms with Crippen LogP contribution < -0.4 is 5.32 Å². The minimum atomic E-state index is -0.133. The summed E-state index contributed by atoms with van der Waals surface area (Å²) in [5.74, 6) is 0.849. The number of hydrogen-bond acceptors (Lipinski definition) is 4. The van der Waals surface area contributed by atoms with E-state index in [1.807, 2.05) is 26.1 Å². The number of carbonyl (C=O) groups excluding carboxylic acids is 1. The molecule has 0 radical (unpaired) electrons. The molecule has 136 valence electrons. The second-order valence-electron chi connectivity index (χ2n) is 7.38. The fraction of sp³-hybridized carbons (Fsp3) is 0.579. The monoisotopic (exact) mass is 343 g/mol. The van der Waals surface area contributed by atoms with Crippen molar-refractivity contribution in [3.05, 3.63) is 29.6 Å². The van der Waals surface area contributed by atoms with Crippen molar-refractivity contribution >= 4 is 16.9 Å². The molecule has 0 aliphatic carbocycles. The molecular weight excluding hydrogens is 314 g/mol. The number of H-pyrrole nitrogens is 1. The van der Waals surface area contributed by atoms with Crippen LogP contribution in [0.15, 0.2) is 18.2 Å². The zero-order chi connectivity index (χ0) is 18.0. The molecule has 6 heteroatoms. The number of hydrogen-bond donors (Lipinski definition) is 2. The van der Waals surface area contributed by atoms with Gasteiger partial charge in [-0.2, -0.15) is 0 Å². The zero-order valence-electron chi connectivity index (χ0n) is 15.7. The van der Waals surface area contributed by atoms with Gasteiger partial charge < -0.3 is 15.2 Å². The van der Waals surface area contributed by atoms with Gasteiger partial charge >= 0.3 is 0 Å². The Morgan fingerprint density at radius 2 is 2.16 bits per heavy atom. The van der Waals surface area contributed by atoms with Crippen molar-refractivity contribution < 1.29 is 4.79 Å². The molecule has 0 saturated carbocycles. The van der Waals surface area contributed by atoms with Crippen molar-refractivity contribution in [2.75, 3.05) is 33.7 Å². The van der Waals surface area contributed by atoms with Crippen LogP contribution in [0.5, 0.6) is 0 Å². The van der Waals surface area contributed by atoms with E-state index in [9.17, 15) is 4.79 Å². The number of piperidine rings is 1. The lowest BCUT2D eigenvalue weighted by molar-refractivity contribution is -0.123. The highest BCUT2D eigenvalue weighted by molar-refractivity contribution is 5.79. The average molecular weight is 343 g/mol. The molecule has 2 heterocycles. The van der Waals surface area contributed by atoms with Crippen LogP contribution in [0.1, 0.15) is 37.2 Å². The van der Waals surface area contributed by atoms with Gasteiger partial charge in [0.2, 0.25) is 5.91 Å². The van der Waals surface area contributed by atoms with E-state index in [1.54, 1.807) is 0 Å². The number of rotatable bonds is 5. The highest BCUT2D eigenvalue weighted by Crippen LogP contribution is 2.18. The second-order valence-corrected chi connectivity index (χ2v) is 7.38. The number of nitrogens with one attached hydrogen (secondary N) is 2. The zero-order valence-corrected chi connectivity index (χ0v) is 15.7. The lowest BCUT2D eigenvalue weighted by atomic mass is 10.0. The van der Waals surface area contributed by atoms with Gasteiger partial charge in [-0.1, -0.05) is 6.07 Å². The number of imidazole rings is 1. The molecule has 1 aliphatic rings. The van der Waals surface area contributed by atoms with Crippen molar-refractivity contribution in [3.8, 4) is 0 Å². The molecule has 1 aromatic carbocycles. The summed E-state index contributed by atoms with van der Waals surface area (Å²) in [7, 11) is 4.20. The Kier molecular flexibility index (Phi) is 5.39. The predicted molar refractivity (Wildman–Crippen MR) is 101 cm³/mol. The summed E-state index contributed by atoms with van der Waals surface area (Å²) < 4.78 is 0. The van der Waals surface area contributed by atoms with Gasteiger partial charge in [0.1, 0.15) is 5.82 Å². The molecule has 25 heavy (non-hydrogen) atoms. The molecule has 1 amide bonds. The number of aryl methyl sites for hydroxylation is 1. The Morgan fingerprint density at radius 3 is 2.88 bits per heavy atom. The molecule has 1 aromatic heterocycles. The third-order valence-electron chi connectivity index (χ3n) is 5.15. The van der Waals surface area contributed by atoms with Gasteiger partial charge in [0.25, 0.3) is 0 Å². The lowest BCUT2D eigenvalue weighted by Gasteiger charge is -2.34. The van der Waals surface area contributed by atoms with Crippen molar-refractivity contribution in [2.24, 2.45) is 0 Å². The summed E-state index contributed by atoms with van der Waals surface area (Å²) in [6.07, 6.45) is 2.25. The maximum absolute atomic E-state index is 12.4. The Bertz CT molecular complexity index is 732. The fourth-order valence-corrected chi connectivity index (χ4v) is 3.50. The van der Waals surface area contributed by atoms with Crippen LogP contribution in [-0.2, 0) is 4.79 Å². The van der Waals surface area contributed by atoms with E-state index < -0.39 is 0 Å². The molecular formula is C19H29N5O. The van der Waals surface area contributed by atoms with Crippen LogP contribution in [0.25, 0.3) is 11.0 Å². The Hall–Kier alpha value is -1.92. The molecule has 3 rings (SSSR count).